The molecule has 1 atom stereocenters. The Labute approximate surface area is 111 Å². The topological polar surface area (TPSA) is 32.3 Å². The first kappa shape index (κ1) is 12.5. The maximum atomic E-state index is 10.8. The summed E-state index contributed by atoms with van der Waals surface area (Å²) in [6.07, 6.45) is 12.2. The molecule has 4 fully saturated rings. The van der Waals surface area contributed by atoms with Crippen molar-refractivity contribution in [1.29, 1.82) is 0 Å². The molecular formula is C16H25NO. The van der Waals surface area contributed by atoms with Gasteiger partial charge in [-0.15, -0.1) is 6.42 Å². The fourth-order valence-corrected chi connectivity index (χ4v) is 5.45. The third-order valence-corrected chi connectivity index (χ3v) is 5.65. The molecule has 4 aliphatic carbocycles. The summed E-state index contributed by atoms with van der Waals surface area (Å²) in [5, 5.41) is 14.0. The van der Waals surface area contributed by atoms with Crippen LogP contribution in [0.1, 0.15) is 39.0 Å². The predicted molar refractivity (Wildman–Crippen MR) is 72.9 cm³/mol. The lowest BCUT2D eigenvalue weighted by Gasteiger charge is -2.58. The number of terminal acetylenes is 1. The third kappa shape index (κ3) is 2.08. The van der Waals surface area contributed by atoms with Gasteiger partial charge in [0.05, 0.1) is 12.1 Å². The molecular weight excluding hydrogens is 222 g/mol. The van der Waals surface area contributed by atoms with Gasteiger partial charge in [0, 0.05) is 6.54 Å². The van der Waals surface area contributed by atoms with Crippen molar-refractivity contribution in [2.45, 2.75) is 44.6 Å². The molecule has 0 aromatic heterocycles. The van der Waals surface area contributed by atoms with E-state index in [1.165, 1.54) is 32.1 Å². The molecule has 2 nitrogen and oxygen atoms in total. The minimum atomic E-state index is -0.584. The fraction of sp³-hybridized carbons (Fsp3) is 0.875. The highest BCUT2D eigenvalue weighted by Gasteiger charge is 2.53. The Morgan fingerprint density at radius 3 is 2.22 bits per heavy atom. The molecule has 0 saturated heterocycles. The van der Waals surface area contributed by atoms with E-state index in [9.17, 15) is 5.11 Å². The minimum absolute atomic E-state index is 0.496. The molecule has 0 aliphatic heterocycles. The molecule has 0 heterocycles. The van der Waals surface area contributed by atoms with Crippen molar-refractivity contribution in [2.75, 3.05) is 13.1 Å². The van der Waals surface area contributed by atoms with Crippen LogP contribution in [0.25, 0.3) is 0 Å². The van der Waals surface area contributed by atoms with Crippen LogP contribution in [0.3, 0.4) is 0 Å². The summed E-state index contributed by atoms with van der Waals surface area (Å²) in [6, 6.07) is 0. The largest absolute Gasteiger partial charge is 0.389 e. The summed E-state index contributed by atoms with van der Waals surface area (Å²) >= 11 is 0. The smallest absolute Gasteiger partial charge is 0.0777 e. The predicted octanol–water partition coefficient (Wildman–Crippen LogP) is 2.03. The van der Waals surface area contributed by atoms with Gasteiger partial charge in [0.1, 0.15) is 0 Å². The van der Waals surface area contributed by atoms with Gasteiger partial charge in [-0.3, -0.25) is 0 Å². The quantitative estimate of drug-likeness (QED) is 0.588. The normalized spacial score (nSPS) is 44.6. The monoisotopic (exact) mass is 247 g/mol. The summed E-state index contributed by atoms with van der Waals surface area (Å²) in [5.41, 5.74) is -0.584. The zero-order valence-electron chi connectivity index (χ0n) is 11.4. The minimum Gasteiger partial charge on any atom is -0.389 e. The Balaban J connectivity index is 1.70. The average Bonchev–Trinajstić information content (AvgIpc) is 2.27. The number of rotatable bonds is 4. The van der Waals surface area contributed by atoms with E-state index in [1.807, 2.05) is 6.92 Å². The highest BCUT2D eigenvalue weighted by Crippen LogP contribution is 2.58. The molecule has 4 bridgehead atoms. The Hall–Kier alpha value is -0.520. The van der Waals surface area contributed by atoms with Gasteiger partial charge in [0.15, 0.2) is 0 Å². The fourth-order valence-electron chi connectivity index (χ4n) is 5.45. The maximum Gasteiger partial charge on any atom is 0.0777 e. The molecule has 2 N–H and O–H groups in total. The molecule has 18 heavy (non-hydrogen) atoms. The van der Waals surface area contributed by atoms with Crippen molar-refractivity contribution in [2.24, 2.45) is 29.6 Å². The summed E-state index contributed by atoms with van der Waals surface area (Å²) in [5.74, 6) is 6.56. The van der Waals surface area contributed by atoms with E-state index in [1.54, 1.807) is 0 Å². The molecule has 0 amide bonds. The summed E-state index contributed by atoms with van der Waals surface area (Å²) < 4.78 is 0. The van der Waals surface area contributed by atoms with Gasteiger partial charge >= 0.3 is 0 Å². The molecule has 0 aromatic carbocycles. The van der Waals surface area contributed by atoms with E-state index in [0.29, 0.717) is 19.0 Å². The van der Waals surface area contributed by atoms with Crippen LogP contribution < -0.4 is 5.32 Å². The Morgan fingerprint density at radius 1 is 1.17 bits per heavy atom. The zero-order chi connectivity index (χ0) is 12.8. The lowest BCUT2D eigenvalue weighted by atomic mass is 9.49. The molecule has 0 radical (unpaired) electrons. The zero-order valence-corrected chi connectivity index (χ0v) is 11.4. The second kappa shape index (κ2) is 4.54. The van der Waals surface area contributed by atoms with Gasteiger partial charge < -0.3 is 10.4 Å². The SMILES string of the molecule is C#CCNCC(C)(O)C1C2CC3CC(C2)CC1C3. The standard InChI is InChI=1S/C16H25NO/c1-3-4-17-10-16(2,18)15-13-6-11-5-12(8-13)9-14(15)7-11/h1,11-15,17-18H,4-10H2,2H3. The van der Waals surface area contributed by atoms with E-state index < -0.39 is 5.60 Å². The van der Waals surface area contributed by atoms with Gasteiger partial charge in [-0.25, -0.2) is 0 Å². The highest BCUT2D eigenvalue weighted by atomic mass is 16.3. The van der Waals surface area contributed by atoms with Gasteiger partial charge in [-0.2, -0.15) is 0 Å². The molecule has 0 spiro atoms. The second-order valence-corrected chi connectivity index (χ2v) is 7.12. The molecule has 1 unspecified atom stereocenters. The molecule has 4 aliphatic rings. The maximum absolute atomic E-state index is 10.8. The highest BCUT2D eigenvalue weighted by molar-refractivity contribution is 5.04. The van der Waals surface area contributed by atoms with Crippen molar-refractivity contribution >= 4 is 0 Å². The second-order valence-electron chi connectivity index (χ2n) is 7.12. The van der Waals surface area contributed by atoms with Gasteiger partial charge in [0.25, 0.3) is 0 Å². The van der Waals surface area contributed by atoms with E-state index in [0.717, 1.165) is 23.7 Å². The average molecular weight is 247 g/mol. The van der Waals surface area contributed by atoms with E-state index in [4.69, 9.17) is 6.42 Å². The van der Waals surface area contributed by atoms with E-state index in [2.05, 4.69) is 11.2 Å². The summed E-state index contributed by atoms with van der Waals surface area (Å²) in [7, 11) is 0. The van der Waals surface area contributed by atoms with Crippen LogP contribution in [0.4, 0.5) is 0 Å². The third-order valence-electron chi connectivity index (χ3n) is 5.65. The van der Waals surface area contributed by atoms with E-state index in [-0.39, 0.29) is 0 Å². The van der Waals surface area contributed by atoms with Crippen LogP contribution in [0.5, 0.6) is 0 Å². The first-order valence-corrected chi connectivity index (χ1v) is 7.46. The molecule has 100 valence electrons. The number of hydrogen-bond acceptors (Lipinski definition) is 2. The lowest BCUT2D eigenvalue weighted by Crippen LogP contribution is -2.57. The molecule has 4 rings (SSSR count). The van der Waals surface area contributed by atoms with Gasteiger partial charge in [-0.1, -0.05) is 5.92 Å². The summed E-state index contributed by atoms with van der Waals surface area (Å²) in [6.45, 7) is 3.22. The van der Waals surface area contributed by atoms with Crippen molar-refractivity contribution in [3.8, 4) is 12.3 Å². The number of aliphatic hydroxyl groups is 1. The first-order valence-electron chi connectivity index (χ1n) is 7.46. The Kier molecular flexibility index (Phi) is 3.16. The molecule has 2 heteroatoms. The van der Waals surface area contributed by atoms with Crippen molar-refractivity contribution < 1.29 is 5.11 Å². The van der Waals surface area contributed by atoms with Crippen LogP contribution >= 0.6 is 0 Å². The van der Waals surface area contributed by atoms with Crippen molar-refractivity contribution in [1.82, 2.24) is 5.32 Å². The van der Waals surface area contributed by atoms with Crippen LogP contribution in [0.15, 0.2) is 0 Å². The van der Waals surface area contributed by atoms with Crippen LogP contribution in [0, 0.1) is 41.9 Å². The Morgan fingerprint density at radius 2 is 1.72 bits per heavy atom. The molecule has 0 aromatic rings. The van der Waals surface area contributed by atoms with Crippen LogP contribution in [-0.4, -0.2) is 23.8 Å². The van der Waals surface area contributed by atoms with Crippen LogP contribution in [0.2, 0.25) is 0 Å². The number of nitrogens with one attached hydrogen (secondary N) is 1. The number of hydrogen-bond donors (Lipinski definition) is 2. The molecule has 4 saturated carbocycles. The van der Waals surface area contributed by atoms with Crippen molar-refractivity contribution in [3.05, 3.63) is 0 Å². The lowest BCUT2D eigenvalue weighted by molar-refractivity contribution is -0.132. The van der Waals surface area contributed by atoms with Crippen molar-refractivity contribution in [3.63, 3.8) is 0 Å². The van der Waals surface area contributed by atoms with Crippen LogP contribution in [-0.2, 0) is 0 Å². The first-order chi connectivity index (χ1) is 8.60. The van der Waals surface area contributed by atoms with E-state index >= 15 is 0 Å². The Bertz CT molecular complexity index is 327. The van der Waals surface area contributed by atoms with Gasteiger partial charge in [0.2, 0.25) is 0 Å². The summed E-state index contributed by atoms with van der Waals surface area (Å²) in [4.78, 5) is 0. The van der Waals surface area contributed by atoms with Gasteiger partial charge in [-0.05, 0) is 68.6 Å².